The van der Waals surface area contributed by atoms with E-state index in [1.807, 2.05) is 24.3 Å². The number of para-hydroxylation sites is 1. The number of benzene rings is 2. The molecule has 3 rings (SSSR count). The molecule has 1 heterocycles. The number of carbonyl (C=O) groups is 1. The molecule has 23 heavy (non-hydrogen) atoms. The van der Waals surface area contributed by atoms with E-state index in [-0.39, 0.29) is 12.4 Å². The molecular weight excluding hydrogens is 360 g/mol. The van der Waals surface area contributed by atoms with E-state index in [4.69, 9.17) is 14.2 Å². The molecule has 0 saturated heterocycles. The minimum atomic E-state index is -0.0441. The second-order valence-corrected chi connectivity index (χ2v) is 5.93. The molecule has 0 saturated carbocycles. The highest BCUT2D eigenvalue weighted by Gasteiger charge is 2.24. The molecule has 0 aromatic heterocycles. The van der Waals surface area contributed by atoms with E-state index in [0.717, 1.165) is 10.0 Å². The zero-order valence-corrected chi connectivity index (χ0v) is 14.3. The average Bonchev–Trinajstić information content (AvgIpc) is 2.57. The minimum absolute atomic E-state index is 0.0441. The zero-order valence-electron chi connectivity index (χ0n) is 12.8. The van der Waals surface area contributed by atoms with Crippen molar-refractivity contribution >= 4 is 27.8 Å². The van der Waals surface area contributed by atoms with Crippen molar-refractivity contribution in [2.45, 2.75) is 0 Å². The molecule has 0 N–H and O–H groups in total. The number of ether oxygens (including phenoxy) is 3. The molecule has 0 unspecified atom stereocenters. The van der Waals surface area contributed by atoms with Crippen LogP contribution in [0, 0.1) is 0 Å². The molecule has 4 nitrogen and oxygen atoms in total. The molecule has 0 spiro atoms. The van der Waals surface area contributed by atoms with Crippen molar-refractivity contribution in [2.24, 2.45) is 0 Å². The molecule has 0 amide bonds. The lowest BCUT2D eigenvalue weighted by atomic mass is 9.98. The predicted molar refractivity (Wildman–Crippen MR) is 91.5 cm³/mol. The molecule has 0 radical (unpaired) electrons. The van der Waals surface area contributed by atoms with Crippen molar-refractivity contribution in [1.82, 2.24) is 0 Å². The van der Waals surface area contributed by atoms with Gasteiger partial charge in [-0.1, -0.05) is 28.1 Å². The molecule has 1 aliphatic rings. The standard InChI is InChI=1S/C18H15BrO4/c1-21-16-5-3-4-11(18(16)22-2)8-12-10-23-15-7-6-13(19)9-14(15)17(12)20/h3-9H,10H2,1-2H3/b12-8+. The number of hydrogen-bond acceptors (Lipinski definition) is 4. The summed E-state index contributed by atoms with van der Waals surface area (Å²) in [5.74, 6) is 1.77. The molecule has 2 aromatic rings. The Morgan fingerprint density at radius 1 is 1.17 bits per heavy atom. The van der Waals surface area contributed by atoms with Crippen molar-refractivity contribution in [2.75, 3.05) is 20.8 Å². The SMILES string of the molecule is COc1cccc(/C=C2\COc3ccc(Br)cc3C2=O)c1OC. The van der Waals surface area contributed by atoms with E-state index in [2.05, 4.69) is 15.9 Å². The van der Waals surface area contributed by atoms with Gasteiger partial charge in [-0.05, 0) is 30.3 Å². The Labute approximate surface area is 142 Å². The Balaban J connectivity index is 2.03. The Morgan fingerprint density at radius 2 is 2.00 bits per heavy atom. The van der Waals surface area contributed by atoms with Crippen molar-refractivity contribution in [3.05, 3.63) is 57.6 Å². The Bertz CT molecular complexity index is 796. The molecule has 0 fully saturated rings. The fourth-order valence-electron chi connectivity index (χ4n) is 2.52. The van der Waals surface area contributed by atoms with Gasteiger partial charge in [0.25, 0.3) is 0 Å². The van der Waals surface area contributed by atoms with Crippen molar-refractivity contribution in [3.8, 4) is 17.2 Å². The molecule has 0 atom stereocenters. The van der Waals surface area contributed by atoms with Crippen LogP contribution >= 0.6 is 15.9 Å². The first-order chi connectivity index (χ1) is 11.1. The van der Waals surface area contributed by atoms with Gasteiger partial charge in [0.15, 0.2) is 17.3 Å². The lowest BCUT2D eigenvalue weighted by Crippen LogP contribution is -2.19. The third kappa shape index (κ3) is 2.97. The third-order valence-corrected chi connectivity index (χ3v) is 4.12. The maximum atomic E-state index is 12.7. The van der Waals surface area contributed by atoms with Crippen LogP contribution in [0.5, 0.6) is 17.2 Å². The number of carbonyl (C=O) groups excluding carboxylic acids is 1. The van der Waals surface area contributed by atoms with Crippen LogP contribution in [-0.2, 0) is 0 Å². The molecule has 2 aromatic carbocycles. The highest BCUT2D eigenvalue weighted by molar-refractivity contribution is 9.10. The number of methoxy groups -OCH3 is 2. The van der Waals surface area contributed by atoms with E-state index in [1.54, 1.807) is 32.4 Å². The van der Waals surface area contributed by atoms with Crippen LogP contribution in [0.2, 0.25) is 0 Å². The van der Waals surface area contributed by atoms with Gasteiger partial charge in [-0.25, -0.2) is 0 Å². The summed E-state index contributed by atoms with van der Waals surface area (Å²) in [5.41, 5.74) is 1.90. The van der Waals surface area contributed by atoms with Gasteiger partial charge in [0, 0.05) is 15.6 Å². The van der Waals surface area contributed by atoms with Crippen LogP contribution in [0.15, 0.2) is 46.4 Å². The lowest BCUT2D eigenvalue weighted by Gasteiger charge is -2.19. The van der Waals surface area contributed by atoms with Crippen molar-refractivity contribution < 1.29 is 19.0 Å². The largest absolute Gasteiger partial charge is 0.493 e. The fraction of sp³-hybridized carbons (Fsp3) is 0.167. The zero-order chi connectivity index (χ0) is 16.4. The summed E-state index contributed by atoms with van der Waals surface area (Å²) in [5, 5.41) is 0. The number of fused-ring (bicyclic) bond motifs is 1. The Hall–Kier alpha value is -2.27. The summed E-state index contributed by atoms with van der Waals surface area (Å²) in [6, 6.07) is 11.0. The van der Waals surface area contributed by atoms with Gasteiger partial charge in [-0.2, -0.15) is 0 Å². The van der Waals surface area contributed by atoms with E-state index >= 15 is 0 Å². The first-order valence-corrected chi connectivity index (χ1v) is 7.82. The van der Waals surface area contributed by atoms with Gasteiger partial charge in [0.05, 0.1) is 19.8 Å². The van der Waals surface area contributed by atoms with Gasteiger partial charge in [0.1, 0.15) is 12.4 Å². The highest BCUT2D eigenvalue weighted by Crippen LogP contribution is 2.34. The second-order valence-electron chi connectivity index (χ2n) is 5.01. The summed E-state index contributed by atoms with van der Waals surface area (Å²) in [4.78, 5) is 12.7. The number of halogens is 1. The highest BCUT2D eigenvalue weighted by atomic mass is 79.9. The fourth-order valence-corrected chi connectivity index (χ4v) is 2.88. The summed E-state index contributed by atoms with van der Waals surface area (Å²) in [7, 11) is 3.16. The maximum Gasteiger partial charge on any atom is 0.196 e. The summed E-state index contributed by atoms with van der Waals surface area (Å²) >= 11 is 3.38. The molecule has 5 heteroatoms. The van der Waals surface area contributed by atoms with E-state index in [0.29, 0.717) is 28.4 Å². The van der Waals surface area contributed by atoms with Crippen molar-refractivity contribution in [1.29, 1.82) is 0 Å². The van der Waals surface area contributed by atoms with Crippen LogP contribution in [0.1, 0.15) is 15.9 Å². The van der Waals surface area contributed by atoms with Crippen LogP contribution in [-0.4, -0.2) is 26.6 Å². The van der Waals surface area contributed by atoms with Gasteiger partial charge >= 0.3 is 0 Å². The van der Waals surface area contributed by atoms with E-state index in [1.165, 1.54) is 0 Å². The Morgan fingerprint density at radius 3 is 2.74 bits per heavy atom. The van der Waals surface area contributed by atoms with Crippen molar-refractivity contribution in [3.63, 3.8) is 0 Å². The number of ketones is 1. The van der Waals surface area contributed by atoms with E-state index < -0.39 is 0 Å². The first kappa shape index (κ1) is 15.6. The second kappa shape index (κ2) is 6.46. The summed E-state index contributed by atoms with van der Waals surface area (Å²) < 4.78 is 17.2. The number of Topliss-reactive ketones (excluding diaryl/α,β-unsaturated/α-hetero) is 1. The van der Waals surface area contributed by atoms with Gasteiger partial charge in [-0.15, -0.1) is 0 Å². The number of rotatable bonds is 3. The molecule has 0 aliphatic carbocycles. The van der Waals surface area contributed by atoms with Crippen LogP contribution in [0.4, 0.5) is 0 Å². The Kier molecular flexibility index (Phi) is 4.39. The topological polar surface area (TPSA) is 44.8 Å². The molecule has 1 aliphatic heterocycles. The van der Waals surface area contributed by atoms with Gasteiger partial charge in [0.2, 0.25) is 0 Å². The smallest absolute Gasteiger partial charge is 0.196 e. The quantitative estimate of drug-likeness (QED) is 0.757. The third-order valence-electron chi connectivity index (χ3n) is 3.62. The lowest BCUT2D eigenvalue weighted by molar-refractivity contribution is 0.100. The van der Waals surface area contributed by atoms with Crippen LogP contribution in [0.3, 0.4) is 0 Å². The maximum absolute atomic E-state index is 12.7. The number of hydrogen-bond donors (Lipinski definition) is 0. The van der Waals surface area contributed by atoms with Gasteiger partial charge < -0.3 is 14.2 Å². The van der Waals surface area contributed by atoms with Crippen LogP contribution < -0.4 is 14.2 Å². The predicted octanol–water partition coefficient (Wildman–Crippen LogP) is 4.13. The molecule has 118 valence electrons. The monoisotopic (exact) mass is 374 g/mol. The first-order valence-electron chi connectivity index (χ1n) is 7.02. The van der Waals surface area contributed by atoms with Gasteiger partial charge in [-0.3, -0.25) is 4.79 Å². The normalized spacial score (nSPS) is 15.1. The summed E-state index contributed by atoms with van der Waals surface area (Å²) in [6.07, 6.45) is 1.79. The molecule has 0 bridgehead atoms. The molecular formula is C18H15BrO4. The summed E-state index contributed by atoms with van der Waals surface area (Å²) in [6.45, 7) is 0.230. The van der Waals surface area contributed by atoms with Crippen LogP contribution in [0.25, 0.3) is 6.08 Å². The average molecular weight is 375 g/mol. The van der Waals surface area contributed by atoms with E-state index in [9.17, 15) is 4.79 Å². The minimum Gasteiger partial charge on any atom is -0.493 e.